The summed E-state index contributed by atoms with van der Waals surface area (Å²) in [5.74, 6) is -0.000363. The number of allylic oxidation sites excluding steroid dienone is 12. The molecule has 0 aromatic rings. The van der Waals surface area contributed by atoms with E-state index in [-0.39, 0.29) is 33.8 Å². The average Bonchev–Trinajstić information content (AvgIpc) is 2.61. The molecule has 0 saturated carbocycles. The minimum atomic E-state index is -0.000182. The molecule has 141 valence electrons. The summed E-state index contributed by atoms with van der Waals surface area (Å²) in [6.45, 7) is 7.86. The molecule has 2 aliphatic rings. The molecule has 0 aliphatic heterocycles. The van der Waals surface area contributed by atoms with Crippen LogP contribution in [-0.2, 0) is 26.4 Å². The molecule has 4 N–H and O–H groups in total. The fourth-order valence-corrected chi connectivity index (χ4v) is 1.71. The van der Waals surface area contributed by atoms with E-state index in [0.717, 1.165) is 0 Å². The molecule has 2 aliphatic carbocycles. The first-order chi connectivity index (χ1) is 11.7. The monoisotopic (exact) mass is 398 g/mol. The van der Waals surface area contributed by atoms with Crippen LogP contribution in [-0.4, -0.2) is 30.1 Å². The Hall–Kier alpha value is -2.67. The third-order valence-corrected chi connectivity index (χ3v) is 2.91. The third kappa shape index (κ3) is 10.2. The molecule has 5 nitrogen and oxygen atoms in total. The molecule has 0 aromatic heterocycles. The van der Waals surface area contributed by atoms with Gasteiger partial charge in [-0.1, -0.05) is 24.3 Å². The molecule has 0 bridgehead atoms. The van der Waals surface area contributed by atoms with E-state index in [4.69, 9.17) is 0 Å². The molecule has 26 heavy (non-hydrogen) atoms. The maximum Gasteiger partial charge on any atom is 0.187 e. The fraction of sp³-hybridized carbons (Fsp3) is 0.100. The normalized spacial score (nSPS) is 16.9. The Morgan fingerprint density at radius 2 is 1.19 bits per heavy atom. The quantitative estimate of drug-likeness (QED) is 0.308. The van der Waals surface area contributed by atoms with Gasteiger partial charge in [0.05, 0.1) is 0 Å². The zero-order valence-electron chi connectivity index (χ0n) is 14.3. The largest absolute Gasteiger partial charge is 0.412 e. The van der Waals surface area contributed by atoms with Crippen LogP contribution in [0.25, 0.3) is 0 Å². The SMILES string of the molecule is C=[C-]C=C.O.O=C1C=CC=C/C1=C/NCCN/C=C1/C=CC=CC1=O.[Co]. The van der Waals surface area contributed by atoms with Gasteiger partial charge in [0, 0.05) is 53.4 Å². The molecule has 0 unspecified atom stereocenters. The van der Waals surface area contributed by atoms with Crippen LogP contribution in [0.3, 0.4) is 0 Å². The van der Waals surface area contributed by atoms with Crippen molar-refractivity contribution in [3.8, 4) is 0 Å². The van der Waals surface area contributed by atoms with Gasteiger partial charge >= 0.3 is 0 Å². The van der Waals surface area contributed by atoms with Gasteiger partial charge in [0.15, 0.2) is 11.6 Å². The van der Waals surface area contributed by atoms with Crippen LogP contribution in [0.15, 0.2) is 91.4 Å². The molecule has 0 amide bonds. The minimum absolute atomic E-state index is 0. The first kappa shape index (κ1) is 25.6. The zero-order chi connectivity index (χ0) is 17.6. The first-order valence-corrected chi connectivity index (χ1v) is 7.48. The van der Waals surface area contributed by atoms with Crippen molar-refractivity contribution in [1.29, 1.82) is 0 Å². The van der Waals surface area contributed by atoms with Crippen molar-refractivity contribution < 1.29 is 31.8 Å². The Kier molecular flexibility index (Phi) is 15.6. The van der Waals surface area contributed by atoms with Crippen molar-refractivity contribution in [1.82, 2.24) is 10.6 Å². The Balaban J connectivity index is 0. The Labute approximate surface area is 164 Å². The van der Waals surface area contributed by atoms with Gasteiger partial charge in [-0.05, 0) is 24.3 Å². The van der Waals surface area contributed by atoms with E-state index >= 15 is 0 Å². The number of hydrogen-bond donors (Lipinski definition) is 2. The molecule has 0 spiro atoms. The van der Waals surface area contributed by atoms with Gasteiger partial charge in [0.25, 0.3) is 0 Å². The Morgan fingerprint density at radius 3 is 1.50 bits per heavy atom. The molecule has 0 atom stereocenters. The van der Waals surface area contributed by atoms with Crippen molar-refractivity contribution in [3.63, 3.8) is 0 Å². The van der Waals surface area contributed by atoms with Crippen LogP contribution in [0.2, 0.25) is 0 Å². The maximum absolute atomic E-state index is 11.4. The molecule has 6 heteroatoms. The number of ketones is 2. The molecular weight excluding hydrogens is 375 g/mol. The van der Waals surface area contributed by atoms with E-state index in [1.54, 1.807) is 36.7 Å². The summed E-state index contributed by atoms with van der Waals surface area (Å²) in [6.07, 6.45) is 21.0. The van der Waals surface area contributed by atoms with Crippen molar-refractivity contribution in [2.24, 2.45) is 0 Å². The molecule has 0 saturated heterocycles. The Morgan fingerprint density at radius 1 is 0.846 bits per heavy atom. The van der Waals surface area contributed by atoms with Gasteiger partial charge in [-0.2, -0.15) is 6.58 Å². The predicted molar refractivity (Wildman–Crippen MR) is 101 cm³/mol. The van der Waals surface area contributed by atoms with Crippen LogP contribution >= 0.6 is 0 Å². The zero-order valence-corrected chi connectivity index (χ0v) is 15.4. The average molecular weight is 398 g/mol. The van der Waals surface area contributed by atoms with Gasteiger partial charge in [0.1, 0.15) is 0 Å². The number of hydrogen-bond acceptors (Lipinski definition) is 4. The molecule has 2 rings (SSSR count). The van der Waals surface area contributed by atoms with Gasteiger partial charge in [-0.3, -0.25) is 15.7 Å². The summed E-state index contributed by atoms with van der Waals surface area (Å²) in [7, 11) is 0. The second-order valence-corrected chi connectivity index (χ2v) is 4.68. The number of rotatable bonds is 6. The second kappa shape index (κ2) is 15.8. The standard InChI is InChI=1S/C16H16N2O2.C4H5.Co.H2O/c19-15-7-3-1-5-13(15)11-17-9-10-18-12-14-6-2-4-8-16(14)20;1-3-4-2;;/h1-8,11-12,17-18H,9-10H2;3H,1-2H2;;1H2/q;-1;;/b13-11-,14-12-;;;. The van der Waals surface area contributed by atoms with Gasteiger partial charge in [-0.25, -0.2) is 12.7 Å². The van der Waals surface area contributed by atoms with Gasteiger partial charge in [0.2, 0.25) is 0 Å². The summed E-state index contributed by atoms with van der Waals surface area (Å²) in [4.78, 5) is 22.9. The number of carbonyl (C=O) groups excluding carboxylic acids is 2. The second-order valence-electron chi connectivity index (χ2n) is 4.68. The van der Waals surface area contributed by atoms with Crippen LogP contribution in [0, 0.1) is 6.08 Å². The predicted octanol–water partition coefficient (Wildman–Crippen LogP) is 1.66. The van der Waals surface area contributed by atoms with Crippen molar-refractivity contribution >= 4 is 11.6 Å². The molecule has 1 radical (unpaired) electrons. The maximum atomic E-state index is 11.4. The van der Waals surface area contributed by atoms with E-state index in [1.807, 2.05) is 12.2 Å². The fourth-order valence-electron chi connectivity index (χ4n) is 1.71. The number of nitrogens with one attached hydrogen (secondary N) is 2. The summed E-state index contributed by atoms with van der Waals surface area (Å²) in [5, 5.41) is 6.12. The summed E-state index contributed by atoms with van der Waals surface area (Å²) in [5.41, 5.74) is 1.28. The van der Waals surface area contributed by atoms with Crippen LogP contribution in [0.1, 0.15) is 0 Å². The molecular formula is C20H23CoN2O3-. The van der Waals surface area contributed by atoms with E-state index in [9.17, 15) is 9.59 Å². The summed E-state index contributed by atoms with van der Waals surface area (Å²) >= 11 is 0. The van der Waals surface area contributed by atoms with E-state index in [0.29, 0.717) is 24.2 Å². The Bertz CT molecular complexity index is 611. The first-order valence-electron chi connectivity index (χ1n) is 7.48. The minimum Gasteiger partial charge on any atom is -0.412 e. The number of carbonyl (C=O) groups is 2. The van der Waals surface area contributed by atoms with Gasteiger partial charge in [-0.15, -0.1) is 0 Å². The van der Waals surface area contributed by atoms with E-state index in [2.05, 4.69) is 29.9 Å². The summed E-state index contributed by atoms with van der Waals surface area (Å²) in [6, 6.07) is 0. The molecule has 0 fully saturated rings. The van der Waals surface area contributed by atoms with E-state index in [1.165, 1.54) is 18.2 Å². The van der Waals surface area contributed by atoms with Crippen LogP contribution < -0.4 is 10.6 Å². The van der Waals surface area contributed by atoms with Crippen LogP contribution in [0.5, 0.6) is 0 Å². The molecule has 0 heterocycles. The topological polar surface area (TPSA) is 89.7 Å². The summed E-state index contributed by atoms with van der Waals surface area (Å²) < 4.78 is 0. The van der Waals surface area contributed by atoms with Crippen molar-refractivity contribution in [3.05, 3.63) is 97.5 Å². The van der Waals surface area contributed by atoms with Crippen LogP contribution in [0.4, 0.5) is 0 Å². The molecule has 0 aromatic carbocycles. The van der Waals surface area contributed by atoms with Gasteiger partial charge < -0.3 is 16.1 Å². The smallest absolute Gasteiger partial charge is 0.187 e. The van der Waals surface area contributed by atoms with Crippen molar-refractivity contribution in [2.45, 2.75) is 0 Å². The van der Waals surface area contributed by atoms with E-state index < -0.39 is 0 Å². The third-order valence-electron chi connectivity index (χ3n) is 2.91. The van der Waals surface area contributed by atoms with Crippen molar-refractivity contribution in [2.75, 3.05) is 13.1 Å².